The molecular weight excluding hydrogens is 380 g/mol. The Morgan fingerprint density at radius 1 is 1.20 bits per heavy atom. The van der Waals surface area contributed by atoms with Crippen LogP contribution in [0, 0.1) is 17.3 Å². The Balaban J connectivity index is 2.63. The number of hydrogen-bond acceptors (Lipinski definition) is 5. The van der Waals surface area contributed by atoms with Crippen LogP contribution in [0.3, 0.4) is 0 Å². The summed E-state index contributed by atoms with van der Waals surface area (Å²) in [6.45, 7) is 14.0. The van der Waals surface area contributed by atoms with Crippen LogP contribution in [-0.4, -0.2) is 42.3 Å². The molecule has 5 nitrogen and oxygen atoms in total. The molecule has 0 bridgehead atoms. The highest BCUT2D eigenvalue weighted by molar-refractivity contribution is 5.76. The molecule has 30 heavy (non-hydrogen) atoms. The average Bonchev–Trinajstić information content (AvgIpc) is 2.64. The van der Waals surface area contributed by atoms with Crippen molar-refractivity contribution < 1.29 is 24.1 Å². The van der Waals surface area contributed by atoms with Crippen LogP contribution in [0.1, 0.15) is 80.6 Å². The Hall–Kier alpha value is -1.61. The third-order valence-corrected chi connectivity index (χ3v) is 4.62. The van der Waals surface area contributed by atoms with Crippen molar-refractivity contribution in [2.45, 2.75) is 98.6 Å². The van der Waals surface area contributed by atoms with Crippen molar-refractivity contribution in [3.05, 3.63) is 23.3 Å². The van der Waals surface area contributed by atoms with Gasteiger partial charge in [0.05, 0.1) is 12.0 Å². The molecule has 1 unspecified atom stereocenters. The van der Waals surface area contributed by atoms with Crippen LogP contribution in [0.2, 0.25) is 0 Å². The molecule has 1 heterocycles. The normalized spacial score (nSPS) is 19.7. The van der Waals surface area contributed by atoms with Crippen LogP contribution in [-0.2, 0) is 19.0 Å². The number of carbonyl (C=O) groups is 1. The monoisotopic (exact) mass is 420 g/mol. The van der Waals surface area contributed by atoms with Gasteiger partial charge in [0.25, 0.3) is 0 Å². The minimum absolute atomic E-state index is 0.0717. The first-order valence-corrected chi connectivity index (χ1v) is 10.9. The van der Waals surface area contributed by atoms with Gasteiger partial charge in [0, 0.05) is 6.61 Å². The minimum Gasteiger partial charge on any atom is -0.444 e. The maximum atomic E-state index is 12.3. The summed E-state index contributed by atoms with van der Waals surface area (Å²) < 4.78 is 16.9. The van der Waals surface area contributed by atoms with Crippen LogP contribution in [0.25, 0.3) is 0 Å². The summed E-state index contributed by atoms with van der Waals surface area (Å²) in [6.07, 6.45) is 8.33. The predicted octanol–water partition coefficient (Wildman–Crippen LogP) is 4.93. The van der Waals surface area contributed by atoms with E-state index in [1.807, 2.05) is 33.8 Å². The summed E-state index contributed by atoms with van der Waals surface area (Å²) in [5.74, 6) is 5.36. The molecule has 5 heteroatoms. The molecule has 0 aromatic heterocycles. The van der Waals surface area contributed by atoms with Crippen LogP contribution in [0.5, 0.6) is 0 Å². The number of esters is 1. The Morgan fingerprint density at radius 2 is 1.90 bits per heavy atom. The lowest BCUT2D eigenvalue weighted by molar-refractivity contribution is -0.155. The number of hydrogen-bond donors (Lipinski definition) is 1. The molecule has 0 radical (unpaired) electrons. The van der Waals surface area contributed by atoms with Crippen molar-refractivity contribution in [3.63, 3.8) is 0 Å². The maximum Gasteiger partial charge on any atom is 0.312 e. The van der Waals surface area contributed by atoms with E-state index in [0.29, 0.717) is 6.61 Å². The summed E-state index contributed by atoms with van der Waals surface area (Å²) in [4.78, 5) is 12.3. The fourth-order valence-electron chi connectivity index (χ4n) is 2.64. The lowest BCUT2D eigenvalue weighted by Crippen LogP contribution is -2.28. The van der Waals surface area contributed by atoms with Gasteiger partial charge in [-0.05, 0) is 86.1 Å². The fraction of sp³-hybridized carbons (Fsp3) is 0.720. The second-order valence-electron chi connectivity index (χ2n) is 9.53. The van der Waals surface area contributed by atoms with E-state index in [9.17, 15) is 9.90 Å². The number of rotatable bonds is 8. The van der Waals surface area contributed by atoms with E-state index < -0.39 is 17.1 Å². The van der Waals surface area contributed by atoms with Gasteiger partial charge in [-0.25, -0.2) is 0 Å². The Labute approximate surface area is 182 Å². The molecule has 1 saturated heterocycles. The molecule has 0 saturated carbocycles. The number of allylic oxidation sites excluding steroid dienone is 2. The van der Waals surface area contributed by atoms with E-state index in [0.717, 1.165) is 44.3 Å². The Bertz CT molecular complexity index is 658. The molecule has 1 fully saturated rings. The van der Waals surface area contributed by atoms with E-state index in [2.05, 4.69) is 24.8 Å². The molecule has 0 aromatic rings. The van der Waals surface area contributed by atoms with Gasteiger partial charge in [-0.2, -0.15) is 0 Å². The van der Waals surface area contributed by atoms with Gasteiger partial charge in [-0.3, -0.25) is 4.79 Å². The molecule has 0 spiro atoms. The SMILES string of the molecule is C/C(=C\COC1CCCCO1)CC/C=C(\C)[C@@H](C#CC(C)(C)O)OC(=O)C(C)(C)C. The quantitative estimate of drug-likeness (QED) is 0.342. The first kappa shape index (κ1) is 26.4. The van der Waals surface area contributed by atoms with Crippen molar-refractivity contribution in [3.8, 4) is 11.8 Å². The summed E-state index contributed by atoms with van der Waals surface area (Å²) in [7, 11) is 0. The van der Waals surface area contributed by atoms with Crippen molar-refractivity contribution in [1.82, 2.24) is 0 Å². The highest BCUT2D eigenvalue weighted by atomic mass is 16.7. The van der Waals surface area contributed by atoms with Gasteiger partial charge in [-0.15, -0.1) is 0 Å². The van der Waals surface area contributed by atoms with E-state index in [4.69, 9.17) is 14.2 Å². The lowest BCUT2D eigenvalue weighted by Gasteiger charge is -2.22. The fourth-order valence-corrected chi connectivity index (χ4v) is 2.64. The van der Waals surface area contributed by atoms with Crippen molar-refractivity contribution in [2.75, 3.05) is 13.2 Å². The third kappa shape index (κ3) is 11.5. The van der Waals surface area contributed by atoms with Crippen LogP contribution >= 0.6 is 0 Å². The van der Waals surface area contributed by atoms with Gasteiger partial charge >= 0.3 is 5.97 Å². The number of aliphatic hydroxyl groups is 1. The first-order chi connectivity index (χ1) is 13.9. The minimum atomic E-state index is -1.14. The molecule has 1 N–H and O–H groups in total. The molecule has 0 aliphatic carbocycles. The van der Waals surface area contributed by atoms with E-state index in [-0.39, 0.29) is 12.3 Å². The van der Waals surface area contributed by atoms with Crippen LogP contribution < -0.4 is 0 Å². The van der Waals surface area contributed by atoms with Gasteiger partial charge in [0.15, 0.2) is 12.4 Å². The van der Waals surface area contributed by atoms with Crippen molar-refractivity contribution in [2.24, 2.45) is 5.41 Å². The molecule has 2 atom stereocenters. The second-order valence-corrected chi connectivity index (χ2v) is 9.53. The summed E-state index contributed by atoms with van der Waals surface area (Å²) >= 11 is 0. The maximum absolute atomic E-state index is 12.3. The molecule has 1 rings (SSSR count). The summed E-state index contributed by atoms with van der Waals surface area (Å²) in [6, 6.07) is 0. The molecule has 0 aromatic carbocycles. The van der Waals surface area contributed by atoms with Crippen molar-refractivity contribution >= 4 is 5.97 Å². The standard InChI is InChI=1S/C25H40O5/c1-19(15-18-29-22-13-8-9-17-28-22)11-10-12-20(2)21(14-16-25(6,7)27)30-23(26)24(3,4)5/h12,15,21-22,27H,8-11,13,17-18H2,1-7H3/b19-15+,20-12+/t21-,22?/m1/s1. The number of ether oxygens (including phenoxy) is 3. The molecule has 1 aliphatic heterocycles. The van der Waals surface area contributed by atoms with Crippen LogP contribution in [0.15, 0.2) is 23.3 Å². The third-order valence-electron chi connectivity index (χ3n) is 4.62. The van der Waals surface area contributed by atoms with Gasteiger partial charge in [0.1, 0.15) is 5.60 Å². The van der Waals surface area contributed by atoms with E-state index >= 15 is 0 Å². The zero-order valence-electron chi connectivity index (χ0n) is 19.8. The first-order valence-electron chi connectivity index (χ1n) is 10.9. The zero-order chi connectivity index (χ0) is 22.8. The Kier molecular flexibility index (Phi) is 10.8. The molecule has 0 amide bonds. The Morgan fingerprint density at radius 3 is 2.47 bits per heavy atom. The highest BCUT2D eigenvalue weighted by Gasteiger charge is 2.26. The topological polar surface area (TPSA) is 65.0 Å². The smallest absolute Gasteiger partial charge is 0.312 e. The number of carbonyl (C=O) groups excluding carboxylic acids is 1. The summed E-state index contributed by atoms with van der Waals surface area (Å²) in [5, 5.41) is 9.91. The zero-order valence-corrected chi connectivity index (χ0v) is 19.8. The van der Waals surface area contributed by atoms with E-state index in [1.165, 1.54) is 5.57 Å². The van der Waals surface area contributed by atoms with Crippen LogP contribution in [0.4, 0.5) is 0 Å². The van der Waals surface area contributed by atoms with E-state index in [1.54, 1.807) is 13.8 Å². The van der Waals surface area contributed by atoms with Crippen molar-refractivity contribution in [1.29, 1.82) is 0 Å². The summed E-state index contributed by atoms with van der Waals surface area (Å²) in [5.41, 5.74) is 0.342. The predicted molar refractivity (Wildman–Crippen MR) is 120 cm³/mol. The van der Waals surface area contributed by atoms with Gasteiger partial charge < -0.3 is 19.3 Å². The average molecular weight is 421 g/mol. The lowest BCUT2D eigenvalue weighted by atomic mass is 9.97. The van der Waals surface area contributed by atoms with Gasteiger partial charge in [-0.1, -0.05) is 29.6 Å². The molecule has 1 aliphatic rings. The highest BCUT2D eigenvalue weighted by Crippen LogP contribution is 2.20. The largest absolute Gasteiger partial charge is 0.444 e. The second kappa shape index (κ2) is 12.3. The molecular formula is C25H40O5. The molecule has 170 valence electrons. The van der Waals surface area contributed by atoms with Gasteiger partial charge in [0.2, 0.25) is 0 Å².